The van der Waals surface area contributed by atoms with Gasteiger partial charge in [0.1, 0.15) is 5.75 Å². The Morgan fingerprint density at radius 2 is 1.69 bits per heavy atom. The highest BCUT2D eigenvalue weighted by Crippen LogP contribution is 2.30. The second kappa shape index (κ2) is 12.8. The third-order valence-corrected chi connectivity index (χ3v) is 8.75. The molecular weight excluding hydrogens is 554 g/mol. The largest absolute Gasteiger partial charge is 0.619 e. The van der Waals surface area contributed by atoms with Crippen molar-refractivity contribution in [2.75, 3.05) is 49.0 Å². The lowest BCUT2D eigenvalue weighted by atomic mass is 10.1. The van der Waals surface area contributed by atoms with E-state index < -0.39 is 15.9 Å². The Kier molecular flexibility index (Phi) is 8.80. The lowest BCUT2D eigenvalue weighted by molar-refractivity contribution is -0.605. The summed E-state index contributed by atoms with van der Waals surface area (Å²) in [6.45, 7) is 2.48. The molecule has 3 heterocycles. The second-order valence-electron chi connectivity index (χ2n) is 9.70. The minimum absolute atomic E-state index is 0.0279. The first kappa shape index (κ1) is 28.8. The van der Waals surface area contributed by atoms with E-state index in [0.717, 1.165) is 15.6 Å². The molecule has 1 amide bonds. The molecule has 11 heteroatoms. The van der Waals surface area contributed by atoms with Crippen LogP contribution in [0.3, 0.4) is 0 Å². The predicted molar refractivity (Wildman–Crippen MR) is 161 cm³/mol. The molecule has 5 rings (SSSR count). The molecule has 10 nitrogen and oxygen atoms in total. The first-order valence-corrected chi connectivity index (χ1v) is 14.8. The lowest BCUT2D eigenvalue weighted by Crippen LogP contribution is -2.51. The zero-order valence-electron chi connectivity index (χ0n) is 23.1. The third kappa shape index (κ3) is 6.59. The average molecular weight is 586 g/mol. The van der Waals surface area contributed by atoms with Crippen LogP contribution in [0.2, 0.25) is 0 Å². The number of para-hydroxylation sites is 1. The van der Waals surface area contributed by atoms with Crippen molar-refractivity contribution in [2.45, 2.75) is 4.90 Å². The number of rotatable bonds is 9. The van der Waals surface area contributed by atoms with Crippen LogP contribution in [0.5, 0.6) is 5.75 Å². The quantitative estimate of drug-likeness (QED) is 0.217. The van der Waals surface area contributed by atoms with E-state index in [4.69, 9.17) is 4.74 Å². The number of methoxy groups -OCH3 is 1. The molecule has 0 bridgehead atoms. The highest BCUT2D eigenvalue weighted by molar-refractivity contribution is 7.93. The molecule has 0 radical (unpaired) electrons. The van der Waals surface area contributed by atoms with Crippen molar-refractivity contribution in [3.8, 4) is 5.75 Å². The minimum atomic E-state index is -4.29. The van der Waals surface area contributed by atoms with Gasteiger partial charge in [0, 0.05) is 44.5 Å². The van der Waals surface area contributed by atoms with Gasteiger partial charge >= 0.3 is 0 Å². The van der Waals surface area contributed by atoms with Gasteiger partial charge in [-0.1, -0.05) is 30.4 Å². The van der Waals surface area contributed by atoms with Crippen LogP contribution in [-0.2, 0) is 14.8 Å². The number of piperazine rings is 1. The molecule has 0 aliphatic carbocycles. The second-order valence-corrected chi connectivity index (χ2v) is 11.5. The molecule has 2 aromatic carbocycles. The van der Waals surface area contributed by atoms with Crippen molar-refractivity contribution in [1.82, 2.24) is 9.88 Å². The highest BCUT2D eigenvalue weighted by atomic mass is 32.2. The van der Waals surface area contributed by atoms with Gasteiger partial charge in [-0.2, -0.15) is 4.73 Å². The Hall–Kier alpha value is -4.74. The van der Waals surface area contributed by atoms with Crippen molar-refractivity contribution >= 4 is 39.5 Å². The topological polar surface area (TPSA) is 110 Å². The van der Waals surface area contributed by atoms with Gasteiger partial charge in [0.15, 0.2) is 12.4 Å². The monoisotopic (exact) mass is 585 g/mol. The summed E-state index contributed by atoms with van der Waals surface area (Å²) >= 11 is 0. The van der Waals surface area contributed by atoms with Crippen molar-refractivity contribution in [2.24, 2.45) is 0 Å². The molecule has 0 atom stereocenters. The van der Waals surface area contributed by atoms with Gasteiger partial charge in [-0.3, -0.25) is 14.7 Å². The summed E-state index contributed by atoms with van der Waals surface area (Å²) in [5.74, 6) is -0.0579. The molecule has 216 valence electrons. The Labute approximate surface area is 245 Å². The molecule has 4 aromatic rings. The Morgan fingerprint density at radius 3 is 2.36 bits per heavy atom. The number of sulfonamides is 1. The molecular formula is C31H31N5O5S. The molecule has 0 spiro atoms. The van der Waals surface area contributed by atoms with Gasteiger partial charge in [0.2, 0.25) is 0 Å². The number of carbonyl (C=O) groups excluding carboxylic acids is 1. The van der Waals surface area contributed by atoms with Crippen LogP contribution in [-0.4, -0.2) is 64.0 Å². The standard InChI is InChI=1S/C31H31N5O5S/c1-41-28-10-12-29(13-11-28)42(39,40)36(30-7-3-2-5-26(30)9-8-25-14-17-35(38)18-15-25)31(37)24-33-19-21-34(22-20-33)27-6-4-16-32-23-27/h2-18,23H,19-22,24H2,1H3. The van der Waals surface area contributed by atoms with Gasteiger partial charge in [0.25, 0.3) is 15.9 Å². The van der Waals surface area contributed by atoms with Crippen LogP contribution in [0.15, 0.2) is 102 Å². The predicted octanol–water partition coefficient (Wildman–Crippen LogP) is 3.44. The number of ether oxygens (including phenoxy) is 1. The number of hydrogen-bond donors (Lipinski definition) is 0. The van der Waals surface area contributed by atoms with Crippen molar-refractivity contribution < 1.29 is 22.7 Å². The van der Waals surface area contributed by atoms with Gasteiger partial charge in [0.05, 0.1) is 36.1 Å². The van der Waals surface area contributed by atoms with Crippen LogP contribution in [0.4, 0.5) is 11.4 Å². The fourth-order valence-corrected chi connectivity index (χ4v) is 6.19. The van der Waals surface area contributed by atoms with Gasteiger partial charge in [-0.05, 0) is 53.6 Å². The molecule has 0 N–H and O–H groups in total. The van der Waals surface area contributed by atoms with E-state index in [1.807, 2.05) is 23.2 Å². The molecule has 0 unspecified atom stereocenters. The summed E-state index contributed by atoms with van der Waals surface area (Å²) in [5.41, 5.74) is 2.53. The Morgan fingerprint density at radius 1 is 0.976 bits per heavy atom. The number of pyridine rings is 2. The maximum atomic E-state index is 14.1. The number of benzene rings is 2. The van der Waals surface area contributed by atoms with Crippen LogP contribution in [0.25, 0.3) is 12.2 Å². The van der Waals surface area contributed by atoms with Crippen molar-refractivity contribution in [3.05, 3.63) is 114 Å². The summed E-state index contributed by atoms with van der Waals surface area (Å²) in [6.07, 6.45) is 9.79. The zero-order chi connectivity index (χ0) is 29.5. The third-order valence-electron chi connectivity index (χ3n) is 7.01. The fraction of sp³-hybridized carbons (Fsp3) is 0.194. The molecule has 1 fully saturated rings. The van der Waals surface area contributed by atoms with Crippen LogP contribution < -0.4 is 18.7 Å². The first-order valence-electron chi connectivity index (χ1n) is 13.4. The summed E-state index contributed by atoms with van der Waals surface area (Å²) in [7, 11) is -2.79. The van der Waals surface area contributed by atoms with E-state index in [2.05, 4.69) is 9.88 Å². The SMILES string of the molecule is COc1ccc(S(=O)(=O)N(C(=O)CN2CCN(c3cccnc3)CC2)c2ccccc2C=Cc2cc[n+]([O-])cc2)cc1. The first-order chi connectivity index (χ1) is 20.3. The number of carbonyl (C=O) groups is 1. The number of hydrogen-bond acceptors (Lipinski definition) is 8. The van der Waals surface area contributed by atoms with Crippen LogP contribution in [0.1, 0.15) is 11.1 Å². The summed E-state index contributed by atoms with van der Waals surface area (Å²) in [6, 6.07) is 20.0. The van der Waals surface area contributed by atoms with E-state index in [1.54, 1.807) is 66.9 Å². The molecule has 42 heavy (non-hydrogen) atoms. The lowest BCUT2D eigenvalue weighted by Gasteiger charge is -2.36. The zero-order valence-corrected chi connectivity index (χ0v) is 23.9. The van der Waals surface area contributed by atoms with E-state index >= 15 is 0 Å². The maximum absolute atomic E-state index is 14.1. The minimum Gasteiger partial charge on any atom is -0.619 e. The maximum Gasteiger partial charge on any atom is 0.270 e. The molecule has 1 saturated heterocycles. The average Bonchev–Trinajstić information content (AvgIpc) is 3.02. The Bertz CT molecular complexity index is 1640. The summed E-state index contributed by atoms with van der Waals surface area (Å²) in [5, 5.41) is 11.4. The number of amides is 1. The molecule has 0 saturated carbocycles. The summed E-state index contributed by atoms with van der Waals surface area (Å²) < 4.78 is 35.0. The van der Waals surface area contributed by atoms with Gasteiger partial charge < -0.3 is 14.8 Å². The fourth-order valence-electron chi connectivity index (χ4n) is 4.75. The number of aromatic nitrogens is 2. The normalized spacial score (nSPS) is 14.2. The Balaban J connectivity index is 1.45. The van der Waals surface area contributed by atoms with Crippen molar-refractivity contribution in [1.29, 1.82) is 0 Å². The summed E-state index contributed by atoms with van der Waals surface area (Å²) in [4.78, 5) is 22.3. The molecule has 1 aliphatic heterocycles. The van der Waals surface area contributed by atoms with Crippen molar-refractivity contribution in [3.63, 3.8) is 0 Å². The molecule has 1 aliphatic rings. The van der Waals surface area contributed by atoms with E-state index in [9.17, 15) is 18.4 Å². The van der Waals surface area contributed by atoms with E-state index in [-0.39, 0.29) is 17.1 Å². The van der Waals surface area contributed by atoms with E-state index in [0.29, 0.717) is 42.2 Å². The van der Waals surface area contributed by atoms with Crippen LogP contribution >= 0.6 is 0 Å². The highest BCUT2D eigenvalue weighted by Gasteiger charge is 2.33. The van der Waals surface area contributed by atoms with E-state index in [1.165, 1.54) is 31.6 Å². The number of anilines is 2. The molecule has 2 aromatic heterocycles. The van der Waals surface area contributed by atoms with Crippen LogP contribution in [0, 0.1) is 5.21 Å². The van der Waals surface area contributed by atoms with Gasteiger partial charge in [-0.25, -0.2) is 12.7 Å². The van der Waals surface area contributed by atoms with Gasteiger partial charge in [-0.15, -0.1) is 0 Å². The number of nitrogens with zero attached hydrogens (tertiary/aromatic N) is 5. The smallest absolute Gasteiger partial charge is 0.270 e.